The van der Waals surface area contributed by atoms with E-state index in [2.05, 4.69) is 31.5 Å². The Bertz CT molecular complexity index is 624. The van der Waals surface area contributed by atoms with Crippen molar-refractivity contribution in [1.29, 1.82) is 0 Å². The molecule has 2 rings (SSSR count). The van der Waals surface area contributed by atoms with Gasteiger partial charge in [0.05, 0.1) is 6.26 Å². The van der Waals surface area contributed by atoms with E-state index < -0.39 is 0 Å². The molecule has 0 aromatic carbocycles. The molecule has 0 unspecified atom stereocenters. The minimum Gasteiger partial charge on any atom is -0.465 e. The second kappa shape index (κ2) is 6.97. The normalized spacial score (nSPS) is 10.4. The monoisotopic (exact) mass is 351 g/mol. The number of halogens is 1. The van der Waals surface area contributed by atoms with Crippen LogP contribution < -0.4 is 10.6 Å². The largest absolute Gasteiger partial charge is 0.465 e. The number of carbonyl (C=O) groups is 1. The summed E-state index contributed by atoms with van der Waals surface area (Å²) in [7, 11) is 0. The standard InChI is InChI=1S/C13H10BrN3O2S/c14-9-3-5-11(15-8-9)16-13(20)17-12(18)6-4-10-2-1-7-19-10/h1-8H,(H2,15,16,17,18,20)/b6-4+. The zero-order valence-electron chi connectivity index (χ0n) is 10.2. The molecule has 0 aliphatic rings. The van der Waals surface area contributed by atoms with Gasteiger partial charge in [-0.2, -0.15) is 0 Å². The second-order valence-corrected chi connectivity index (χ2v) is 4.98. The smallest absolute Gasteiger partial charge is 0.250 e. The topological polar surface area (TPSA) is 67.2 Å². The highest BCUT2D eigenvalue weighted by Gasteiger charge is 2.02. The van der Waals surface area contributed by atoms with Gasteiger partial charge in [-0.15, -0.1) is 0 Å². The van der Waals surface area contributed by atoms with E-state index in [1.165, 1.54) is 12.3 Å². The summed E-state index contributed by atoms with van der Waals surface area (Å²) in [5.74, 6) is 0.790. The molecule has 1 amide bonds. The van der Waals surface area contributed by atoms with Crippen LogP contribution in [0, 0.1) is 0 Å². The third-order valence-corrected chi connectivity index (χ3v) is 2.82. The lowest BCUT2D eigenvalue weighted by Gasteiger charge is -2.06. The van der Waals surface area contributed by atoms with Crippen LogP contribution in [0.25, 0.3) is 6.08 Å². The van der Waals surface area contributed by atoms with E-state index in [0.717, 1.165) is 4.47 Å². The van der Waals surface area contributed by atoms with Crippen LogP contribution in [0.5, 0.6) is 0 Å². The van der Waals surface area contributed by atoms with Crippen LogP contribution in [0.15, 0.2) is 51.7 Å². The van der Waals surface area contributed by atoms with E-state index in [-0.39, 0.29) is 11.0 Å². The zero-order chi connectivity index (χ0) is 14.4. The summed E-state index contributed by atoms with van der Waals surface area (Å²) >= 11 is 8.29. The third-order valence-electron chi connectivity index (χ3n) is 2.15. The molecule has 0 aliphatic carbocycles. The summed E-state index contributed by atoms with van der Waals surface area (Å²) in [5, 5.41) is 5.49. The molecule has 5 nitrogen and oxygen atoms in total. The first-order chi connectivity index (χ1) is 9.63. The summed E-state index contributed by atoms with van der Waals surface area (Å²) in [6.45, 7) is 0. The van der Waals surface area contributed by atoms with Crippen molar-refractivity contribution in [2.45, 2.75) is 0 Å². The predicted molar refractivity (Wildman–Crippen MR) is 84.0 cm³/mol. The van der Waals surface area contributed by atoms with Gasteiger partial charge in [0.1, 0.15) is 11.6 Å². The molecule has 0 spiro atoms. The number of anilines is 1. The van der Waals surface area contributed by atoms with Crippen molar-refractivity contribution in [2.24, 2.45) is 0 Å². The number of aromatic nitrogens is 1. The van der Waals surface area contributed by atoms with E-state index in [1.54, 1.807) is 30.5 Å². The van der Waals surface area contributed by atoms with Gasteiger partial charge in [0.25, 0.3) is 0 Å². The van der Waals surface area contributed by atoms with Gasteiger partial charge in [-0.3, -0.25) is 10.1 Å². The average Bonchev–Trinajstić information content (AvgIpc) is 2.92. The van der Waals surface area contributed by atoms with E-state index >= 15 is 0 Å². The minimum atomic E-state index is -0.351. The number of furan rings is 1. The van der Waals surface area contributed by atoms with Crippen LogP contribution in [0.1, 0.15) is 5.76 Å². The minimum absolute atomic E-state index is 0.175. The highest BCUT2D eigenvalue weighted by molar-refractivity contribution is 9.10. The lowest BCUT2D eigenvalue weighted by molar-refractivity contribution is -0.115. The molecule has 102 valence electrons. The number of nitrogens with one attached hydrogen (secondary N) is 2. The summed E-state index contributed by atoms with van der Waals surface area (Å²) in [6.07, 6.45) is 6.05. The van der Waals surface area contributed by atoms with Crippen molar-refractivity contribution in [3.8, 4) is 0 Å². The van der Waals surface area contributed by atoms with Crippen LogP contribution >= 0.6 is 28.1 Å². The van der Waals surface area contributed by atoms with Crippen molar-refractivity contribution in [1.82, 2.24) is 10.3 Å². The van der Waals surface area contributed by atoms with Crippen molar-refractivity contribution in [2.75, 3.05) is 5.32 Å². The summed E-state index contributed by atoms with van der Waals surface area (Å²) in [4.78, 5) is 15.7. The molecule has 20 heavy (non-hydrogen) atoms. The van der Waals surface area contributed by atoms with Crippen LogP contribution in [-0.4, -0.2) is 16.0 Å². The van der Waals surface area contributed by atoms with Crippen molar-refractivity contribution in [3.63, 3.8) is 0 Å². The van der Waals surface area contributed by atoms with Crippen molar-refractivity contribution < 1.29 is 9.21 Å². The van der Waals surface area contributed by atoms with Crippen LogP contribution in [-0.2, 0) is 4.79 Å². The Hall–Kier alpha value is -1.99. The fourth-order valence-electron chi connectivity index (χ4n) is 1.29. The SMILES string of the molecule is O=C(/C=C/c1ccco1)NC(=S)Nc1ccc(Br)cn1. The Morgan fingerprint density at radius 3 is 2.90 bits per heavy atom. The van der Waals surface area contributed by atoms with Gasteiger partial charge in [0, 0.05) is 16.7 Å². The lowest BCUT2D eigenvalue weighted by Crippen LogP contribution is -2.33. The molecule has 0 atom stereocenters. The van der Waals surface area contributed by atoms with Gasteiger partial charge in [-0.05, 0) is 58.5 Å². The summed E-state index contributed by atoms with van der Waals surface area (Å²) in [6, 6.07) is 7.03. The molecule has 0 saturated heterocycles. The molecule has 2 aromatic rings. The van der Waals surface area contributed by atoms with Gasteiger partial charge < -0.3 is 9.73 Å². The number of amides is 1. The average molecular weight is 352 g/mol. The maximum absolute atomic E-state index is 11.6. The molecule has 0 fully saturated rings. The number of pyridine rings is 1. The van der Waals surface area contributed by atoms with Gasteiger partial charge >= 0.3 is 0 Å². The Kier molecular flexibility index (Phi) is 5.03. The number of hydrogen-bond donors (Lipinski definition) is 2. The fraction of sp³-hybridized carbons (Fsp3) is 0. The van der Waals surface area contributed by atoms with Gasteiger partial charge in [-0.1, -0.05) is 0 Å². The number of rotatable bonds is 3. The highest BCUT2D eigenvalue weighted by atomic mass is 79.9. The van der Waals surface area contributed by atoms with E-state index in [1.807, 2.05) is 6.07 Å². The molecule has 2 aromatic heterocycles. The van der Waals surface area contributed by atoms with Gasteiger partial charge in [0.2, 0.25) is 5.91 Å². The Morgan fingerprint density at radius 1 is 1.40 bits per heavy atom. The van der Waals surface area contributed by atoms with E-state index in [9.17, 15) is 4.79 Å². The molecule has 2 heterocycles. The van der Waals surface area contributed by atoms with Gasteiger partial charge in [-0.25, -0.2) is 4.98 Å². The third kappa shape index (κ3) is 4.60. The van der Waals surface area contributed by atoms with Crippen LogP contribution in [0.3, 0.4) is 0 Å². The quantitative estimate of drug-likeness (QED) is 0.657. The van der Waals surface area contributed by atoms with E-state index in [0.29, 0.717) is 11.6 Å². The molecular formula is C13H10BrN3O2S. The number of hydrogen-bond acceptors (Lipinski definition) is 4. The predicted octanol–water partition coefficient (Wildman–Crippen LogP) is 2.96. The fourth-order valence-corrected chi connectivity index (χ4v) is 1.73. The number of carbonyl (C=O) groups excluding carboxylic acids is 1. The summed E-state index contributed by atoms with van der Waals surface area (Å²) in [5.41, 5.74) is 0. The van der Waals surface area contributed by atoms with Gasteiger partial charge in [0.15, 0.2) is 5.11 Å². The highest BCUT2D eigenvalue weighted by Crippen LogP contribution is 2.10. The van der Waals surface area contributed by atoms with Crippen molar-refractivity contribution in [3.05, 3.63) is 53.0 Å². The lowest BCUT2D eigenvalue weighted by atomic mass is 10.4. The molecule has 0 bridgehead atoms. The Labute approximate surface area is 129 Å². The van der Waals surface area contributed by atoms with Crippen molar-refractivity contribution >= 4 is 51.1 Å². The summed E-state index contributed by atoms with van der Waals surface area (Å²) < 4.78 is 5.93. The maximum atomic E-state index is 11.6. The van der Waals surface area contributed by atoms with Crippen LogP contribution in [0.2, 0.25) is 0 Å². The Balaban J connectivity index is 1.85. The number of thiocarbonyl (C=S) groups is 1. The molecule has 0 aliphatic heterocycles. The van der Waals surface area contributed by atoms with E-state index in [4.69, 9.17) is 16.6 Å². The molecule has 0 radical (unpaired) electrons. The maximum Gasteiger partial charge on any atom is 0.250 e. The first-order valence-electron chi connectivity index (χ1n) is 5.58. The molecular weight excluding hydrogens is 342 g/mol. The zero-order valence-corrected chi connectivity index (χ0v) is 12.6. The molecule has 2 N–H and O–H groups in total. The Morgan fingerprint density at radius 2 is 2.25 bits per heavy atom. The first-order valence-corrected chi connectivity index (χ1v) is 6.79. The number of nitrogens with zero attached hydrogens (tertiary/aromatic N) is 1. The second-order valence-electron chi connectivity index (χ2n) is 3.65. The molecule has 7 heteroatoms. The molecule has 0 saturated carbocycles. The van der Waals surface area contributed by atoms with Crippen LogP contribution in [0.4, 0.5) is 5.82 Å². The first kappa shape index (κ1) is 14.4.